The molecule has 3 heteroatoms. The average Bonchev–Trinajstić information content (AvgIpc) is 2.48. The summed E-state index contributed by atoms with van der Waals surface area (Å²) in [5.41, 5.74) is 0.852. The molecule has 2 aromatic carbocycles. The van der Waals surface area contributed by atoms with Crippen molar-refractivity contribution in [3.05, 3.63) is 72.0 Å². The van der Waals surface area contributed by atoms with Crippen molar-refractivity contribution in [3.8, 4) is 5.75 Å². The van der Waals surface area contributed by atoms with Gasteiger partial charge in [0.1, 0.15) is 17.1 Å². The fraction of sp³-hybridized carbons (Fsp3) is 0.118. The van der Waals surface area contributed by atoms with Gasteiger partial charge in [0.15, 0.2) is 0 Å². The van der Waals surface area contributed by atoms with Crippen LogP contribution in [0.2, 0.25) is 0 Å². The number of para-hydroxylation sites is 1. The number of allylic oxidation sites excluding steroid dienone is 1. The monoisotopic (exact) mass is 268 g/mol. The largest absolute Gasteiger partial charge is 0.478 e. The minimum Gasteiger partial charge on any atom is -0.478 e. The van der Waals surface area contributed by atoms with Crippen LogP contribution in [0.5, 0.6) is 5.75 Å². The molecule has 0 aliphatic rings. The number of benzene rings is 2. The fourth-order valence-electron chi connectivity index (χ4n) is 1.94. The molecule has 0 radical (unpaired) electrons. The zero-order valence-electron chi connectivity index (χ0n) is 11.2. The smallest absolute Gasteiger partial charge is 0.339 e. The van der Waals surface area contributed by atoms with Crippen LogP contribution < -0.4 is 4.74 Å². The van der Waals surface area contributed by atoms with Gasteiger partial charge in [-0.05, 0) is 17.7 Å². The second-order valence-corrected chi connectivity index (χ2v) is 4.24. The Morgan fingerprint density at radius 2 is 1.55 bits per heavy atom. The summed E-state index contributed by atoms with van der Waals surface area (Å²) in [6, 6.07) is 18.2. The molecular weight excluding hydrogens is 252 g/mol. The van der Waals surface area contributed by atoms with Gasteiger partial charge in [0, 0.05) is 6.42 Å². The molecule has 20 heavy (non-hydrogen) atoms. The van der Waals surface area contributed by atoms with E-state index in [1.807, 2.05) is 43.3 Å². The number of carboxylic acid groups (broad SMARTS) is 1. The maximum Gasteiger partial charge on any atom is 0.339 e. The van der Waals surface area contributed by atoms with Gasteiger partial charge in [-0.25, -0.2) is 4.79 Å². The highest BCUT2D eigenvalue weighted by Gasteiger charge is 2.17. The van der Waals surface area contributed by atoms with Gasteiger partial charge in [-0.15, -0.1) is 0 Å². The van der Waals surface area contributed by atoms with E-state index in [9.17, 15) is 9.90 Å². The van der Waals surface area contributed by atoms with E-state index in [0.29, 0.717) is 23.5 Å². The zero-order valence-corrected chi connectivity index (χ0v) is 11.2. The van der Waals surface area contributed by atoms with E-state index in [0.717, 1.165) is 0 Å². The third-order valence-corrected chi connectivity index (χ3v) is 2.86. The van der Waals surface area contributed by atoms with Crippen LogP contribution in [0.25, 0.3) is 5.57 Å². The summed E-state index contributed by atoms with van der Waals surface area (Å²) < 4.78 is 5.74. The molecule has 0 fully saturated rings. The lowest BCUT2D eigenvalue weighted by Gasteiger charge is -2.12. The van der Waals surface area contributed by atoms with E-state index in [-0.39, 0.29) is 5.57 Å². The van der Waals surface area contributed by atoms with Crippen LogP contribution in [0.15, 0.2) is 66.4 Å². The van der Waals surface area contributed by atoms with E-state index in [1.165, 1.54) is 0 Å². The molecule has 1 N–H and O–H groups in total. The molecule has 0 aromatic heterocycles. The van der Waals surface area contributed by atoms with Gasteiger partial charge in [0.05, 0.1) is 0 Å². The van der Waals surface area contributed by atoms with E-state index in [2.05, 4.69) is 0 Å². The highest BCUT2D eigenvalue weighted by Crippen LogP contribution is 2.24. The van der Waals surface area contributed by atoms with Crippen molar-refractivity contribution in [1.82, 2.24) is 0 Å². The molecule has 0 unspecified atom stereocenters. The van der Waals surface area contributed by atoms with E-state index in [4.69, 9.17) is 4.74 Å². The average molecular weight is 268 g/mol. The molecule has 0 atom stereocenters. The van der Waals surface area contributed by atoms with Gasteiger partial charge in [0.2, 0.25) is 0 Å². The van der Waals surface area contributed by atoms with Crippen LogP contribution in [0.1, 0.15) is 18.9 Å². The van der Waals surface area contributed by atoms with Crippen LogP contribution in [-0.4, -0.2) is 11.1 Å². The summed E-state index contributed by atoms with van der Waals surface area (Å²) in [7, 11) is 0. The molecule has 0 bridgehead atoms. The van der Waals surface area contributed by atoms with Crippen molar-refractivity contribution in [3.63, 3.8) is 0 Å². The van der Waals surface area contributed by atoms with Gasteiger partial charge >= 0.3 is 5.97 Å². The second kappa shape index (κ2) is 6.57. The summed E-state index contributed by atoms with van der Waals surface area (Å²) in [5, 5.41) is 9.47. The maximum absolute atomic E-state index is 11.6. The summed E-state index contributed by atoms with van der Waals surface area (Å²) in [6.45, 7) is 1.88. The zero-order chi connectivity index (χ0) is 14.4. The number of ether oxygens (including phenoxy) is 1. The van der Waals surface area contributed by atoms with Gasteiger partial charge in [-0.1, -0.05) is 55.5 Å². The fourth-order valence-corrected chi connectivity index (χ4v) is 1.94. The molecule has 2 rings (SSSR count). The first kappa shape index (κ1) is 13.9. The van der Waals surface area contributed by atoms with Crippen molar-refractivity contribution in [2.24, 2.45) is 0 Å². The topological polar surface area (TPSA) is 46.5 Å². The Bertz CT molecular complexity index is 601. The highest BCUT2D eigenvalue weighted by atomic mass is 16.5. The minimum atomic E-state index is -0.982. The molecule has 0 spiro atoms. The summed E-state index contributed by atoms with van der Waals surface area (Å²) in [6.07, 6.45) is 0.505. The first-order chi connectivity index (χ1) is 9.72. The lowest BCUT2D eigenvalue weighted by Crippen LogP contribution is -2.07. The quantitative estimate of drug-likeness (QED) is 0.659. The van der Waals surface area contributed by atoms with Crippen LogP contribution in [0.4, 0.5) is 0 Å². The molecule has 0 heterocycles. The summed E-state index contributed by atoms with van der Waals surface area (Å²) in [4.78, 5) is 11.6. The van der Waals surface area contributed by atoms with E-state index in [1.54, 1.807) is 24.3 Å². The number of carbonyl (C=O) groups is 1. The van der Waals surface area contributed by atoms with Gasteiger partial charge in [0.25, 0.3) is 0 Å². The molecule has 0 amide bonds. The third kappa shape index (κ3) is 3.26. The van der Waals surface area contributed by atoms with Gasteiger partial charge < -0.3 is 9.84 Å². The number of hydrogen-bond acceptors (Lipinski definition) is 2. The number of carboxylic acids is 1. The van der Waals surface area contributed by atoms with Crippen molar-refractivity contribution in [2.45, 2.75) is 13.3 Å². The number of hydrogen-bond donors (Lipinski definition) is 1. The Hall–Kier alpha value is -2.55. The molecule has 3 nitrogen and oxygen atoms in total. The Morgan fingerprint density at radius 3 is 2.05 bits per heavy atom. The van der Waals surface area contributed by atoms with Crippen molar-refractivity contribution >= 4 is 11.5 Å². The Labute approximate surface area is 118 Å². The minimum absolute atomic E-state index is 0.206. The van der Waals surface area contributed by atoms with Gasteiger partial charge in [-0.2, -0.15) is 0 Å². The molecule has 2 aromatic rings. The normalized spacial score (nSPS) is 11.7. The molecule has 0 saturated carbocycles. The highest BCUT2D eigenvalue weighted by molar-refractivity contribution is 6.16. The van der Waals surface area contributed by atoms with E-state index < -0.39 is 5.97 Å². The first-order valence-corrected chi connectivity index (χ1v) is 6.47. The lowest BCUT2D eigenvalue weighted by atomic mass is 10.0. The predicted octanol–water partition coefficient (Wildman–Crippen LogP) is 3.97. The Morgan fingerprint density at radius 1 is 1.00 bits per heavy atom. The lowest BCUT2D eigenvalue weighted by molar-refractivity contribution is -0.130. The number of aliphatic carboxylic acids is 1. The third-order valence-electron chi connectivity index (χ3n) is 2.86. The SMILES string of the molecule is CCC(Oc1ccccc1)=C(C(=O)O)c1ccccc1. The van der Waals surface area contributed by atoms with Gasteiger partial charge in [-0.3, -0.25) is 0 Å². The first-order valence-electron chi connectivity index (χ1n) is 6.47. The van der Waals surface area contributed by atoms with Crippen LogP contribution in [0, 0.1) is 0 Å². The van der Waals surface area contributed by atoms with Crippen molar-refractivity contribution in [2.75, 3.05) is 0 Å². The van der Waals surface area contributed by atoms with Crippen LogP contribution >= 0.6 is 0 Å². The number of rotatable bonds is 5. The summed E-state index contributed by atoms with van der Waals surface area (Å²) in [5.74, 6) is 0.109. The standard InChI is InChI=1S/C17H16O3/c1-2-15(20-14-11-7-4-8-12-14)16(17(18)19)13-9-5-3-6-10-13/h3-12H,2H2,1H3,(H,18,19). The molecular formula is C17H16O3. The molecule has 102 valence electrons. The predicted molar refractivity (Wildman–Crippen MR) is 78.4 cm³/mol. The Kier molecular flexibility index (Phi) is 4.56. The van der Waals surface area contributed by atoms with Crippen LogP contribution in [0.3, 0.4) is 0 Å². The second-order valence-electron chi connectivity index (χ2n) is 4.24. The molecule has 0 saturated heterocycles. The molecule has 0 aliphatic heterocycles. The van der Waals surface area contributed by atoms with Crippen molar-refractivity contribution < 1.29 is 14.6 Å². The van der Waals surface area contributed by atoms with Crippen LogP contribution in [-0.2, 0) is 4.79 Å². The maximum atomic E-state index is 11.6. The van der Waals surface area contributed by atoms with Crippen molar-refractivity contribution in [1.29, 1.82) is 0 Å². The summed E-state index contributed by atoms with van der Waals surface area (Å²) >= 11 is 0. The van der Waals surface area contributed by atoms with E-state index >= 15 is 0 Å². The molecule has 0 aliphatic carbocycles. The Balaban J connectivity index is 2.44.